The minimum atomic E-state index is -0.848. The van der Waals surface area contributed by atoms with Gasteiger partial charge in [0.1, 0.15) is 6.04 Å². The fraction of sp³-hybridized carbons (Fsp3) is 0.552. The number of aliphatic hydroxyl groups excluding tert-OH is 1. The lowest BCUT2D eigenvalue weighted by Crippen LogP contribution is -2.58. The molecule has 1 aromatic rings. The van der Waals surface area contributed by atoms with Crippen molar-refractivity contribution in [2.45, 2.75) is 53.6 Å². The van der Waals surface area contributed by atoms with Crippen LogP contribution in [-0.4, -0.2) is 86.3 Å². The first kappa shape index (κ1) is 30.2. The van der Waals surface area contributed by atoms with E-state index in [2.05, 4.69) is 29.1 Å². The molecule has 0 aliphatic carbocycles. The molecule has 3 fully saturated rings. The molecule has 2 bridgehead atoms. The molecule has 212 valence electrons. The molecule has 1 spiro atoms. The highest BCUT2D eigenvalue weighted by molar-refractivity contribution is 9.09. The summed E-state index contributed by atoms with van der Waals surface area (Å²) in [6.07, 6.45) is 4.43. The lowest BCUT2D eigenvalue weighted by Gasteiger charge is -2.40. The lowest BCUT2D eigenvalue weighted by molar-refractivity contribution is -0.145. The number of carbonyl (C=O) groups excluding carboxylic acids is 3. The monoisotopic (exact) mass is 637 g/mol. The van der Waals surface area contributed by atoms with Crippen molar-refractivity contribution in [3.8, 4) is 0 Å². The summed E-state index contributed by atoms with van der Waals surface area (Å²) < 4.78 is -0.807. The van der Waals surface area contributed by atoms with Crippen molar-refractivity contribution in [3.63, 3.8) is 0 Å². The Morgan fingerprint density at radius 3 is 2.44 bits per heavy atom. The zero-order valence-electron chi connectivity index (χ0n) is 22.6. The maximum absolute atomic E-state index is 14.7. The van der Waals surface area contributed by atoms with E-state index >= 15 is 0 Å². The van der Waals surface area contributed by atoms with Crippen molar-refractivity contribution in [2.24, 2.45) is 17.8 Å². The molecule has 3 saturated heterocycles. The second-order valence-electron chi connectivity index (χ2n) is 11.1. The van der Waals surface area contributed by atoms with Crippen LogP contribution in [-0.2, 0) is 14.4 Å². The van der Waals surface area contributed by atoms with Crippen molar-refractivity contribution >= 4 is 62.7 Å². The normalized spacial score (nSPS) is 29.9. The summed E-state index contributed by atoms with van der Waals surface area (Å²) in [5, 5.41) is 10.9. The molecule has 3 aliphatic heterocycles. The summed E-state index contributed by atoms with van der Waals surface area (Å²) >= 11 is 11.5. The molecule has 3 amide bonds. The zero-order chi connectivity index (χ0) is 28.6. The molecule has 10 heteroatoms. The van der Waals surface area contributed by atoms with E-state index in [0.29, 0.717) is 30.1 Å². The number of alkyl halides is 1. The van der Waals surface area contributed by atoms with Crippen molar-refractivity contribution in [1.82, 2.24) is 9.80 Å². The van der Waals surface area contributed by atoms with Crippen LogP contribution in [0.2, 0.25) is 5.02 Å². The third-order valence-corrected chi connectivity index (χ3v) is 11.6. The van der Waals surface area contributed by atoms with Gasteiger partial charge in [0.25, 0.3) is 5.91 Å². The Bertz CT molecular complexity index is 1130. The predicted octanol–water partition coefficient (Wildman–Crippen LogP) is 4.38. The van der Waals surface area contributed by atoms with Gasteiger partial charge >= 0.3 is 0 Å². The number of likely N-dealkylation sites (N-methyl/N-ethyl adjacent to an activating group) is 1. The van der Waals surface area contributed by atoms with Crippen LogP contribution in [0.5, 0.6) is 0 Å². The summed E-state index contributed by atoms with van der Waals surface area (Å²) in [4.78, 5) is 47.7. The lowest BCUT2D eigenvalue weighted by atomic mass is 9.70. The number of nitrogens with zero attached hydrogens (tertiary/aromatic N) is 3. The first-order chi connectivity index (χ1) is 18.5. The van der Waals surface area contributed by atoms with Crippen LogP contribution >= 0.6 is 39.3 Å². The van der Waals surface area contributed by atoms with Gasteiger partial charge in [-0.2, -0.15) is 0 Å². The minimum Gasteiger partial charge on any atom is -0.394 e. The Labute approximate surface area is 248 Å². The smallest absolute Gasteiger partial charge is 0.251 e. The maximum Gasteiger partial charge on any atom is 0.251 e. The van der Waals surface area contributed by atoms with E-state index in [1.54, 1.807) is 69.9 Å². The Morgan fingerprint density at radius 2 is 1.87 bits per heavy atom. The molecular formula is C29H37BrClN3O4S. The third-order valence-electron chi connectivity index (χ3n) is 8.09. The number of carbonyl (C=O) groups is 3. The van der Waals surface area contributed by atoms with Crippen LogP contribution in [0.15, 0.2) is 49.6 Å². The molecule has 3 unspecified atom stereocenters. The van der Waals surface area contributed by atoms with E-state index in [0.717, 1.165) is 0 Å². The summed E-state index contributed by atoms with van der Waals surface area (Å²) in [7, 11) is 1.72. The number of aliphatic hydroxyl groups is 1. The summed E-state index contributed by atoms with van der Waals surface area (Å²) in [6.45, 7) is 12.0. The van der Waals surface area contributed by atoms with Crippen LogP contribution in [0.3, 0.4) is 0 Å². The van der Waals surface area contributed by atoms with Gasteiger partial charge in [0.2, 0.25) is 11.8 Å². The number of benzene rings is 1. The van der Waals surface area contributed by atoms with Crippen molar-refractivity contribution < 1.29 is 19.5 Å². The highest BCUT2D eigenvalue weighted by Crippen LogP contribution is 2.68. The van der Waals surface area contributed by atoms with Gasteiger partial charge in [0.05, 0.1) is 29.2 Å². The van der Waals surface area contributed by atoms with Crippen molar-refractivity contribution in [3.05, 3.63) is 54.6 Å². The van der Waals surface area contributed by atoms with E-state index in [4.69, 9.17) is 11.6 Å². The number of hydrogen-bond donors (Lipinski definition) is 1. The maximum atomic E-state index is 14.7. The highest BCUT2D eigenvalue weighted by Gasteiger charge is 2.76. The average Bonchev–Trinajstić information content (AvgIpc) is 3.49. The number of anilines is 1. The van der Waals surface area contributed by atoms with Gasteiger partial charge in [-0.15, -0.1) is 24.9 Å². The molecule has 4 rings (SSSR count). The quantitative estimate of drug-likeness (QED) is 0.288. The minimum absolute atomic E-state index is 0.0334. The SMILES string of the molecule is C=CCN(C)C(=O)[C@H]1[C@H]2C(=O)N([C@@H](CO)CC(C)C)C(C(=O)N(CC=C)c3ccc(Cl)cc3)C23CC(Br)[C@@H]1S3. The predicted molar refractivity (Wildman–Crippen MR) is 161 cm³/mol. The number of hydrogen-bond acceptors (Lipinski definition) is 5. The van der Waals surface area contributed by atoms with Crippen LogP contribution in [0, 0.1) is 17.8 Å². The van der Waals surface area contributed by atoms with Crippen LogP contribution in [0.1, 0.15) is 26.7 Å². The molecule has 0 radical (unpaired) electrons. The molecule has 3 aliphatic rings. The second-order valence-corrected chi connectivity index (χ2v) is 14.2. The molecule has 0 aromatic heterocycles. The number of fused-ring (bicyclic) bond motifs is 1. The Morgan fingerprint density at radius 1 is 1.23 bits per heavy atom. The average molecular weight is 639 g/mol. The van der Waals surface area contributed by atoms with E-state index in [9.17, 15) is 19.5 Å². The topological polar surface area (TPSA) is 81.2 Å². The number of halogens is 2. The van der Waals surface area contributed by atoms with Gasteiger partial charge in [-0.05, 0) is 43.0 Å². The second kappa shape index (κ2) is 12.0. The molecule has 0 saturated carbocycles. The van der Waals surface area contributed by atoms with E-state index < -0.39 is 28.7 Å². The summed E-state index contributed by atoms with van der Waals surface area (Å²) in [5.74, 6) is -1.62. The molecule has 1 N–H and O–H groups in total. The van der Waals surface area contributed by atoms with Gasteiger partial charge in [-0.1, -0.05) is 53.5 Å². The Balaban J connectivity index is 1.85. The molecular weight excluding hydrogens is 602 g/mol. The van der Waals surface area contributed by atoms with E-state index in [1.807, 2.05) is 13.8 Å². The van der Waals surface area contributed by atoms with E-state index in [1.165, 1.54) is 0 Å². The van der Waals surface area contributed by atoms with Crippen molar-refractivity contribution in [2.75, 3.05) is 31.6 Å². The number of likely N-dealkylation sites (tertiary alicyclic amines) is 1. The first-order valence-corrected chi connectivity index (χ1v) is 15.5. The van der Waals surface area contributed by atoms with Gasteiger partial charge in [0, 0.05) is 40.9 Å². The van der Waals surface area contributed by atoms with Crippen LogP contribution < -0.4 is 4.90 Å². The summed E-state index contributed by atoms with van der Waals surface area (Å²) in [6, 6.07) is 5.61. The fourth-order valence-electron chi connectivity index (χ4n) is 6.60. The molecule has 1 aromatic carbocycles. The molecule has 3 heterocycles. The molecule has 7 atom stereocenters. The third kappa shape index (κ3) is 5.20. The largest absolute Gasteiger partial charge is 0.394 e. The molecule has 7 nitrogen and oxygen atoms in total. The van der Waals surface area contributed by atoms with Crippen molar-refractivity contribution in [1.29, 1.82) is 0 Å². The Kier molecular flexibility index (Phi) is 9.25. The first-order valence-electron chi connectivity index (χ1n) is 13.3. The number of rotatable bonds is 11. The highest BCUT2D eigenvalue weighted by atomic mass is 79.9. The number of amides is 3. The number of thioether (sulfide) groups is 1. The van der Waals surface area contributed by atoms with E-state index in [-0.39, 0.29) is 46.9 Å². The summed E-state index contributed by atoms with van der Waals surface area (Å²) in [5.41, 5.74) is 0.646. The Hall–Kier alpha value is -1.81. The fourth-order valence-corrected chi connectivity index (χ4v) is 10.3. The molecule has 39 heavy (non-hydrogen) atoms. The van der Waals surface area contributed by atoms with Gasteiger partial charge < -0.3 is 19.8 Å². The van der Waals surface area contributed by atoms with Gasteiger partial charge in [-0.25, -0.2) is 0 Å². The standard InChI is InChI=1S/C29H37BrClN3O4S/c1-6-12-32(5)26(36)22-23-27(37)34(20(16-35)14-17(3)4)25(29(23)15-21(30)24(22)39-29)28(38)33(13-7-2)19-10-8-18(31)9-11-19/h6-11,17,20-25,35H,1-2,12-16H2,3-5H3/t20-,21?,22+,23+,24+,25?,29?/m1/s1. The van der Waals surface area contributed by atoms with Gasteiger partial charge in [0.15, 0.2) is 0 Å². The van der Waals surface area contributed by atoms with Crippen LogP contribution in [0.4, 0.5) is 5.69 Å². The zero-order valence-corrected chi connectivity index (χ0v) is 25.8. The van der Waals surface area contributed by atoms with Gasteiger partial charge in [-0.3, -0.25) is 14.4 Å². The van der Waals surface area contributed by atoms with Crippen LogP contribution in [0.25, 0.3) is 0 Å².